The zero-order chi connectivity index (χ0) is 10.4. The highest BCUT2D eigenvalue weighted by atomic mass is 31.1. The van der Waals surface area contributed by atoms with Gasteiger partial charge in [0.15, 0.2) is 11.9 Å². The normalized spacial score (nSPS) is 17.5. The van der Waals surface area contributed by atoms with Crippen molar-refractivity contribution in [3.05, 3.63) is 0 Å². The van der Waals surface area contributed by atoms with E-state index in [0.717, 1.165) is 0 Å². The Labute approximate surface area is 76.4 Å². The smallest absolute Gasteiger partial charge is 0.317 e. The Balaban J connectivity index is 4.43. The zero-order valence-electron chi connectivity index (χ0n) is 6.53. The molecule has 0 aromatic rings. The second-order valence-corrected chi connectivity index (χ2v) is 3.90. The van der Waals surface area contributed by atoms with Gasteiger partial charge in [-0.3, -0.25) is 4.79 Å². The van der Waals surface area contributed by atoms with E-state index >= 15 is 0 Å². The molecule has 0 bridgehead atoms. The maximum absolute atomic E-state index is 10.3. The Bertz CT molecular complexity index is 197. The Morgan fingerprint density at radius 1 is 1.23 bits per heavy atom. The number of carboxylic acid groups (broad SMARTS) is 1. The number of hydrogen-bond donors (Lipinski definition) is 3. The van der Waals surface area contributed by atoms with Crippen LogP contribution < -0.4 is 0 Å². The Morgan fingerprint density at radius 2 is 1.62 bits per heavy atom. The van der Waals surface area contributed by atoms with Crippen molar-refractivity contribution in [2.75, 3.05) is 6.54 Å². The predicted octanol–water partition coefficient (Wildman–Crippen LogP) is -1.56. The van der Waals surface area contributed by atoms with Crippen LogP contribution in [0, 0.1) is 0 Å². The lowest BCUT2D eigenvalue weighted by atomic mass is 10.6. The molecule has 0 spiro atoms. The third-order valence-electron chi connectivity index (χ3n) is 1.24. The summed E-state index contributed by atoms with van der Waals surface area (Å²) in [6, 6.07) is 0. The van der Waals surface area contributed by atoms with Crippen molar-refractivity contribution >= 4 is 22.9 Å². The maximum atomic E-state index is 10.3. The maximum Gasteiger partial charge on any atom is 0.317 e. The van der Waals surface area contributed by atoms with Gasteiger partial charge in [0.25, 0.3) is 0 Å². The van der Waals surface area contributed by atoms with Gasteiger partial charge in [-0.05, 0) is 0 Å². The lowest BCUT2D eigenvalue weighted by molar-refractivity contribution is -0.142. The largest absolute Gasteiger partial charge is 0.480 e. The van der Waals surface area contributed by atoms with Crippen molar-refractivity contribution in [2.24, 2.45) is 0 Å². The summed E-state index contributed by atoms with van der Waals surface area (Å²) in [7, 11) is -3.33. The average molecular weight is 231 g/mol. The number of aliphatic carboxylic acids is 1. The average Bonchev–Trinajstić information content (AvgIpc) is 2.11. The minimum Gasteiger partial charge on any atom is -0.480 e. The van der Waals surface area contributed by atoms with Gasteiger partial charge in [0.05, 0.1) is 0 Å². The molecule has 0 fully saturated rings. The fourth-order valence-electron chi connectivity index (χ4n) is 0.656. The molecule has 0 aliphatic rings. The van der Waals surface area contributed by atoms with Gasteiger partial charge < -0.3 is 24.4 Å². The van der Waals surface area contributed by atoms with Gasteiger partial charge in [0.2, 0.25) is 0 Å². The molecule has 7 nitrogen and oxygen atoms in total. The summed E-state index contributed by atoms with van der Waals surface area (Å²) in [4.78, 5) is 10.8. The van der Waals surface area contributed by atoms with E-state index in [4.69, 9.17) is 15.3 Å². The van der Waals surface area contributed by atoms with Crippen LogP contribution in [0.1, 0.15) is 0 Å². The SMILES string of the molecule is O=[PH2]C(O)N(CC(=O)O)C(O)[PH2]=O. The topological polar surface area (TPSA) is 115 Å². The summed E-state index contributed by atoms with van der Waals surface area (Å²) in [5, 5.41) is 26.3. The van der Waals surface area contributed by atoms with E-state index in [1.165, 1.54) is 0 Å². The molecule has 3 N–H and O–H groups in total. The summed E-state index contributed by atoms with van der Waals surface area (Å²) in [6.45, 7) is -0.702. The van der Waals surface area contributed by atoms with Gasteiger partial charge in [-0.15, -0.1) is 0 Å². The van der Waals surface area contributed by atoms with Crippen molar-refractivity contribution in [1.82, 2.24) is 4.90 Å². The van der Waals surface area contributed by atoms with Crippen LogP contribution in [-0.2, 0) is 13.9 Å². The second kappa shape index (κ2) is 6.29. The zero-order valence-corrected chi connectivity index (χ0v) is 8.84. The van der Waals surface area contributed by atoms with Crippen molar-refractivity contribution in [1.29, 1.82) is 0 Å². The van der Waals surface area contributed by atoms with E-state index in [9.17, 15) is 13.9 Å². The van der Waals surface area contributed by atoms with E-state index in [-0.39, 0.29) is 0 Å². The minimum absolute atomic E-state index is 0.604. The van der Waals surface area contributed by atoms with Gasteiger partial charge in [-0.2, -0.15) is 0 Å². The van der Waals surface area contributed by atoms with Crippen LogP contribution in [-0.4, -0.2) is 44.7 Å². The second-order valence-electron chi connectivity index (χ2n) is 2.17. The number of carbonyl (C=O) groups is 1. The van der Waals surface area contributed by atoms with E-state index in [2.05, 4.69) is 0 Å². The molecule has 0 heterocycles. The molecule has 0 aliphatic heterocycles. The van der Waals surface area contributed by atoms with Crippen molar-refractivity contribution in [3.8, 4) is 0 Å². The van der Waals surface area contributed by atoms with Crippen molar-refractivity contribution < 1.29 is 29.2 Å². The highest BCUT2D eigenvalue weighted by Gasteiger charge is 2.23. The number of hydrogen-bond acceptors (Lipinski definition) is 6. The van der Waals surface area contributed by atoms with Gasteiger partial charge in [-0.1, -0.05) is 0 Å². The number of nitrogens with zero attached hydrogens (tertiary/aromatic N) is 1. The molecule has 0 saturated carbocycles. The third kappa shape index (κ3) is 4.55. The van der Waals surface area contributed by atoms with Crippen molar-refractivity contribution in [2.45, 2.75) is 11.9 Å². The molecule has 0 aromatic heterocycles. The van der Waals surface area contributed by atoms with Crippen LogP contribution in [0.15, 0.2) is 0 Å². The molecule has 9 heteroatoms. The molecule has 4 unspecified atom stereocenters. The highest BCUT2D eigenvalue weighted by molar-refractivity contribution is 7.25. The summed E-state index contributed by atoms with van der Waals surface area (Å²) < 4.78 is 20.5. The molecular formula is C4H11NO6P2. The Kier molecular flexibility index (Phi) is 6.20. The lowest BCUT2D eigenvalue weighted by Gasteiger charge is -2.24. The summed E-state index contributed by atoms with van der Waals surface area (Å²) in [5.41, 5.74) is 0. The molecule has 13 heavy (non-hydrogen) atoms. The molecule has 0 rings (SSSR count). The fraction of sp³-hybridized carbons (Fsp3) is 0.750. The first-order chi connectivity index (χ1) is 6.02. The van der Waals surface area contributed by atoms with Gasteiger partial charge in [-0.25, -0.2) is 4.90 Å². The van der Waals surface area contributed by atoms with Crippen LogP contribution in [0.2, 0.25) is 0 Å². The van der Waals surface area contributed by atoms with Crippen LogP contribution in [0.3, 0.4) is 0 Å². The standard InChI is InChI=1S/C4H11NO6P2/c6-2(7)1-5(3(8)12-10)4(9)13-11/h3-4,8-9H,1,12-13H2,(H,6,7). The Hall–Kier alpha value is -0.190. The van der Waals surface area contributed by atoms with Crippen molar-refractivity contribution in [3.63, 3.8) is 0 Å². The van der Waals surface area contributed by atoms with Crippen LogP contribution >= 0.6 is 16.9 Å². The van der Waals surface area contributed by atoms with Gasteiger partial charge in [0.1, 0.15) is 23.5 Å². The lowest BCUT2D eigenvalue weighted by Crippen LogP contribution is -2.41. The first kappa shape index (κ1) is 12.8. The molecule has 0 aromatic carbocycles. The molecule has 78 valence electrons. The van der Waals surface area contributed by atoms with E-state index in [0.29, 0.717) is 4.90 Å². The Morgan fingerprint density at radius 3 is 1.85 bits per heavy atom. The van der Waals surface area contributed by atoms with Crippen LogP contribution in [0.25, 0.3) is 0 Å². The van der Waals surface area contributed by atoms with Crippen LogP contribution in [0.4, 0.5) is 0 Å². The van der Waals surface area contributed by atoms with E-state index < -0.39 is 41.4 Å². The molecule has 0 saturated heterocycles. The number of aliphatic hydroxyl groups excluding tert-OH is 2. The third-order valence-corrected chi connectivity index (χ3v) is 2.49. The fourth-order valence-corrected chi connectivity index (χ4v) is 1.73. The number of aliphatic hydroxyl groups is 2. The molecular weight excluding hydrogens is 220 g/mol. The highest BCUT2D eigenvalue weighted by Crippen LogP contribution is 2.17. The quantitative estimate of drug-likeness (QED) is 0.374. The predicted molar refractivity (Wildman–Crippen MR) is 47.1 cm³/mol. The van der Waals surface area contributed by atoms with Crippen LogP contribution in [0.5, 0.6) is 0 Å². The summed E-state index contributed by atoms with van der Waals surface area (Å²) >= 11 is 0. The minimum atomic E-state index is -1.67. The van der Waals surface area contributed by atoms with E-state index in [1.807, 2.05) is 0 Å². The molecule has 0 amide bonds. The van der Waals surface area contributed by atoms with Gasteiger partial charge in [0, 0.05) is 0 Å². The first-order valence-corrected chi connectivity index (χ1v) is 5.54. The summed E-state index contributed by atoms with van der Waals surface area (Å²) in [5.74, 6) is -4.40. The first-order valence-electron chi connectivity index (χ1n) is 3.27. The molecule has 0 radical (unpaired) electrons. The monoisotopic (exact) mass is 231 g/mol. The van der Waals surface area contributed by atoms with E-state index in [1.54, 1.807) is 0 Å². The molecule has 0 aliphatic carbocycles. The number of carboxylic acids is 1. The summed E-state index contributed by atoms with van der Waals surface area (Å²) in [6.07, 6.45) is 0. The van der Waals surface area contributed by atoms with Gasteiger partial charge >= 0.3 is 5.97 Å². The number of rotatable bonds is 6. The molecule has 4 atom stereocenters.